The molecule has 1 amide bonds. The standard InChI is InChI=1S/C20H13ClN2O5/c21-14-9-10-18(17(11-14)19(24)13-5-2-1-3-6-13)28-20(25)22-15-7-4-8-16(12-15)23(26)27/h1-12H,(H,22,25). The van der Waals surface area contributed by atoms with Crippen molar-refractivity contribution in [2.45, 2.75) is 0 Å². The van der Waals surface area contributed by atoms with Gasteiger partial charge in [0.15, 0.2) is 5.78 Å². The third-order valence-corrected chi connectivity index (χ3v) is 3.96. The van der Waals surface area contributed by atoms with Gasteiger partial charge >= 0.3 is 6.09 Å². The Morgan fingerprint density at radius 2 is 1.71 bits per heavy atom. The lowest BCUT2D eigenvalue weighted by molar-refractivity contribution is -0.384. The van der Waals surface area contributed by atoms with Gasteiger partial charge in [-0.25, -0.2) is 4.79 Å². The summed E-state index contributed by atoms with van der Waals surface area (Å²) < 4.78 is 5.25. The number of benzene rings is 3. The maximum absolute atomic E-state index is 12.7. The molecule has 8 heteroatoms. The van der Waals surface area contributed by atoms with Gasteiger partial charge in [-0.05, 0) is 24.3 Å². The summed E-state index contributed by atoms with van der Waals surface area (Å²) >= 11 is 5.99. The van der Waals surface area contributed by atoms with Crippen LogP contribution in [0.3, 0.4) is 0 Å². The van der Waals surface area contributed by atoms with E-state index in [0.29, 0.717) is 10.6 Å². The number of nitro benzene ring substituents is 1. The molecule has 0 heterocycles. The molecular weight excluding hydrogens is 384 g/mol. The van der Waals surface area contributed by atoms with E-state index in [2.05, 4.69) is 5.32 Å². The van der Waals surface area contributed by atoms with Crippen LogP contribution < -0.4 is 10.1 Å². The van der Waals surface area contributed by atoms with Crippen LogP contribution in [0.5, 0.6) is 5.75 Å². The Hall–Kier alpha value is -3.71. The van der Waals surface area contributed by atoms with E-state index in [1.165, 1.54) is 42.5 Å². The molecule has 1 N–H and O–H groups in total. The van der Waals surface area contributed by atoms with E-state index in [0.717, 1.165) is 0 Å². The number of ether oxygens (including phenoxy) is 1. The number of nitro groups is 1. The van der Waals surface area contributed by atoms with Gasteiger partial charge < -0.3 is 4.74 Å². The number of hydrogen-bond acceptors (Lipinski definition) is 5. The van der Waals surface area contributed by atoms with Crippen molar-refractivity contribution in [3.8, 4) is 5.75 Å². The van der Waals surface area contributed by atoms with Crippen LogP contribution in [0.25, 0.3) is 0 Å². The van der Waals surface area contributed by atoms with Gasteiger partial charge in [-0.2, -0.15) is 0 Å². The number of nitrogens with one attached hydrogen (secondary N) is 1. The average Bonchev–Trinajstić information content (AvgIpc) is 2.69. The number of halogens is 1. The first-order valence-corrected chi connectivity index (χ1v) is 8.44. The van der Waals surface area contributed by atoms with E-state index < -0.39 is 11.0 Å². The summed E-state index contributed by atoms with van der Waals surface area (Å²) in [4.78, 5) is 35.2. The molecule has 0 unspecified atom stereocenters. The van der Waals surface area contributed by atoms with Gasteiger partial charge in [0.25, 0.3) is 5.69 Å². The highest BCUT2D eigenvalue weighted by Gasteiger charge is 2.18. The predicted octanol–water partition coefficient (Wildman–Crippen LogP) is 5.09. The van der Waals surface area contributed by atoms with Crippen LogP contribution in [-0.4, -0.2) is 16.8 Å². The van der Waals surface area contributed by atoms with E-state index in [4.69, 9.17) is 16.3 Å². The Bertz CT molecular complexity index is 1050. The Balaban J connectivity index is 1.82. The number of nitrogens with zero attached hydrogens (tertiary/aromatic N) is 1. The second-order valence-corrected chi connectivity index (χ2v) is 6.09. The quantitative estimate of drug-likeness (QED) is 0.368. The summed E-state index contributed by atoms with van der Waals surface area (Å²) in [5.74, 6) is -0.345. The number of hydrogen-bond donors (Lipinski definition) is 1. The van der Waals surface area contributed by atoms with Gasteiger partial charge in [-0.3, -0.25) is 20.2 Å². The summed E-state index contributed by atoms with van der Waals surface area (Å²) in [6.07, 6.45) is -0.898. The number of ketones is 1. The Labute approximate surface area is 164 Å². The zero-order valence-electron chi connectivity index (χ0n) is 14.3. The first-order valence-electron chi connectivity index (χ1n) is 8.06. The molecule has 0 saturated heterocycles. The molecule has 0 aliphatic rings. The lowest BCUT2D eigenvalue weighted by Crippen LogP contribution is -2.18. The first-order chi connectivity index (χ1) is 13.4. The van der Waals surface area contributed by atoms with Crippen molar-refractivity contribution >= 4 is 34.9 Å². The van der Waals surface area contributed by atoms with Crippen molar-refractivity contribution in [2.24, 2.45) is 0 Å². The minimum absolute atomic E-state index is 0.0150. The van der Waals surface area contributed by atoms with Crippen LogP contribution in [0.2, 0.25) is 5.02 Å². The molecular formula is C20H13ClN2O5. The molecule has 0 bridgehead atoms. The third-order valence-electron chi connectivity index (χ3n) is 3.73. The molecule has 3 rings (SSSR count). The SMILES string of the molecule is O=C(Nc1cccc([N+](=O)[O-])c1)Oc1ccc(Cl)cc1C(=O)c1ccccc1. The minimum Gasteiger partial charge on any atom is -0.409 e. The summed E-state index contributed by atoms with van der Waals surface area (Å²) in [5, 5.41) is 13.5. The zero-order valence-corrected chi connectivity index (χ0v) is 15.1. The average molecular weight is 397 g/mol. The molecule has 0 saturated carbocycles. The van der Waals surface area contributed by atoms with Crippen molar-refractivity contribution in [3.05, 3.63) is 99.1 Å². The van der Waals surface area contributed by atoms with Gasteiger partial charge in [-0.15, -0.1) is 0 Å². The van der Waals surface area contributed by atoms with Crippen molar-refractivity contribution in [3.63, 3.8) is 0 Å². The molecule has 0 radical (unpaired) electrons. The molecule has 3 aromatic rings. The highest BCUT2D eigenvalue weighted by Crippen LogP contribution is 2.26. The Morgan fingerprint density at radius 3 is 2.43 bits per heavy atom. The van der Waals surface area contributed by atoms with Crippen molar-refractivity contribution < 1.29 is 19.2 Å². The second-order valence-electron chi connectivity index (χ2n) is 5.66. The lowest BCUT2D eigenvalue weighted by atomic mass is 10.0. The zero-order chi connectivity index (χ0) is 20.1. The maximum atomic E-state index is 12.7. The molecule has 0 atom stereocenters. The molecule has 0 aromatic heterocycles. The fourth-order valence-corrected chi connectivity index (χ4v) is 2.63. The Morgan fingerprint density at radius 1 is 0.964 bits per heavy atom. The number of rotatable bonds is 5. The molecule has 0 spiro atoms. The minimum atomic E-state index is -0.898. The number of amides is 1. The van der Waals surface area contributed by atoms with Crippen LogP contribution >= 0.6 is 11.6 Å². The van der Waals surface area contributed by atoms with E-state index in [1.54, 1.807) is 30.3 Å². The maximum Gasteiger partial charge on any atom is 0.417 e. The lowest BCUT2D eigenvalue weighted by Gasteiger charge is -2.11. The summed E-state index contributed by atoms with van der Waals surface area (Å²) in [5.41, 5.74) is 0.537. The fraction of sp³-hybridized carbons (Fsp3) is 0. The van der Waals surface area contributed by atoms with Crippen molar-refractivity contribution in [2.75, 3.05) is 5.32 Å². The highest BCUT2D eigenvalue weighted by molar-refractivity contribution is 6.31. The number of carbonyl (C=O) groups is 2. The molecule has 0 fully saturated rings. The van der Waals surface area contributed by atoms with Crippen LogP contribution in [-0.2, 0) is 0 Å². The van der Waals surface area contributed by atoms with Crippen molar-refractivity contribution in [1.29, 1.82) is 0 Å². The van der Waals surface area contributed by atoms with E-state index in [9.17, 15) is 19.7 Å². The molecule has 0 aliphatic carbocycles. The first kappa shape index (κ1) is 19.1. The van der Waals surface area contributed by atoms with Crippen LogP contribution in [0.4, 0.5) is 16.2 Å². The van der Waals surface area contributed by atoms with Gasteiger partial charge in [0.2, 0.25) is 0 Å². The van der Waals surface area contributed by atoms with Gasteiger partial charge in [0.1, 0.15) is 5.75 Å². The molecule has 3 aromatic carbocycles. The normalized spacial score (nSPS) is 10.2. The van der Waals surface area contributed by atoms with Crippen LogP contribution in [0, 0.1) is 10.1 Å². The van der Waals surface area contributed by atoms with Crippen LogP contribution in [0.1, 0.15) is 15.9 Å². The van der Waals surface area contributed by atoms with Crippen LogP contribution in [0.15, 0.2) is 72.8 Å². The largest absolute Gasteiger partial charge is 0.417 e. The highest BCUT2D eigenvalue weighted by atomic mass is 35.5. The summed E-state index contributed by atoms with van der Waals surface area (Å²) in [6.45, 7) is 0. The summed E-state index contributed by atoms with van der Waals surface area (Å²) in [7, 11) is 0. The van der Waals surface area contributed by atoms with E-state index >= 15 is 0 Å². The molecule has 28 heavy (non-hydrogen) atoms. The molecule has 140 valence electrons. The number of carbonyl (C=O) groups excluding carboxylic acids is 2. The topological polar surface area (TPSA) is 98.5 Å². The third kappa shape index (κ3) is 4.52. The van der Waals surface area contributed by atoms with E-state index in [1.807, 2.05) is 0 Å². The fourth-order valence-electron chi connectivity index (χ4n) is 2.45. The second kappa shape index (κ2) is 8.32. The molecule has 7 nitrogen and oxygen atoms in total. The Kier molecular flexibility index (Phi) is 5.67. The molecule has 0 aliphatic heterocycles. The van der Waals surface area contributed by atoms with Gasteiger partial charge in [-0.1, -0.05) is 48.0 Å². The van der Waals surface area contributed by atoms with Gasteiger partial charge in [0, 0.05) is 22.7 Å². The predicted molar refractivity (Wildman–Crippen MR) is 104 cm³/mol. The summed E-state index contributed by atoms with van der Waals surface area (Å²) in [6, 6.07) is 18.2. The smallest absolute Gasteiger partial charge is 0.409 e. The number of non-ortho nitro benzene ring substituents is 1. The number of anilines is 1. The van der Waals surface area contributed by atoms with E-state index in [-0.39, 0.29) is 28.5 Å². The monoisotopic (exact) mass is 396 g/mol. The van der Waals surface area contributed by atoms with Gasteiger partial charge in [0.05, 0.1) is 16.2 Å². The van der Waals surface area contributed by atoms with Crippen molar-refractivity contribution in [1.82, 2.24) is 0 Å².